The van der Waals surface area contributed by atoms with Gasteiger partial charge in [0, 0.05) is 41.9 Å². The standard InChI is InChI=1S/C44H61N3O10/c1-11-19-47(10)33-21-26(4)54-41(37(33)50)56-39-28(6)36(49)29(7)40(51)55-34(12-2)44(9)38(46-42(52)57-44)27(5)35(48)25(3)23-43(39,8)53-20-15-16-30-22-31-17-13-14-18-32(31)45-24-30/h11,13-18,22,24-29,33-34,37-39,41,50H,1,12,19-21,23H2,2-10H3,(H,46,52)/b16-15+/t25-,26-,27-,28+,29-,33+,34+,37-,38-,39-,41?,43+,44-/m1/s1. The van der Waals surface area contributed by atoms with Crippen molar-refractivity contribution in [2.24, 2.45) is 23.7 Å². The fourth-order valence-corrected chi connectivity index (χ4v) is 8.99. The predicted molar refractivity (Wildman–Crippen MR) is 215 cm³/mol. The summed E-state index contributed by atoms with van der Waals surface area (Å²) in [7, 11) is 1.89. The Labute approximate surface area is 336 Å². The lowest BCUT2D eigenvalue weighted by Crippen LogP contribution is -2.60. The largest absolute Gasteiger partial charge is 0.458 e. The lowest BCUT2D eigenvalue weighted by atomic mass is 9.73. The number of rotatable bonds is 10. The smallest absolute Gasteiger partial charge is 0.408 e. The maximum absolute atomic E-state index is 14.5. The Bertz CT molecular complexity index is 1820. The zero-order valence-electron chi connectivity index (χ0n) is 34.8. The number of aliphatic hydroxyl groups is 1. The Balaban J connectivity index is 1.56. The topological polar surface area (TPSA) is 163 Å². The summed E-state index contributed by atoms with van der Waals surface area (Å²) in [6.45, 7) is 18.2. The van der Waals surface area contributed by atoms with Crippen molar-refractivity contribution in [2.45, 2.75) is 129 Å². The second-order valence-electron chi connectivity index (χ2n) is 16.6. The highest BCUT2D eigenvalue weighted by molar-refractivity contribution is 6.00. The lowest BCUT2D eigenvalue weighted by molar-refractivity contribution is -0.297. The van der Waals surface area contributed by atoms with E-state index in [0.717, 1.165) is 16.5 Å². The number of ketones is 2. The number of hydrogen-bond donors (Lipinski definition) is 2. The third-order valence-electron chi connectivity index (χ3n) is 12.2. The molecule has 2 N–H and O–H groups in total. The van der Waals surface area contributed by atoms with Crippen molar-refractivity contribution in [1.82, 2.24) is 15.2 Å². The molecule has 4 heterocycles. The van der Waals surface area contributed by atoms with Gasteiger partial charge in [0.2, 0.25) is 0 Å². The quantitative estimate of drug-likeness (QED) is 0.173. The van der Waals surface area contributed by atoms with Gasteiger partial charge in [0.1, 0.15) is 23.9 Å². The number of alkyl carbamates (subject to hydrolysis) is 1. The molecule has 2 aromatic rings. The fraction of sp³-hybridized carbons (Fsp3) is 0.614. The second kappa shape index (κ2) is 18.3. The van der Waals surface area contributed by atoms with E-state index in [4.69, 9.17) is 23.7 Å². The van der Waals surface area contributed by atoms with Crippen molar-refractivity contribution >= 4 is 40.6 Å². The maximum Gasteiger partial charge on any atom is 0.408 e. The summed E-state index contributed by atoms with van der Waals surface area (Å²) in [4.78, 5) is 62.1. The number of likely N-dealkylation sites (N-methyl/N-ethyl adjacent to an activating group) is 1. The minimum atomic E-state index is -1.39. The van der Waals surface area contributed by atoms with Gasteiger partial charge in [-0.1, -0.05) is 64.1 Å². The summed E-state index contributed by atoms with van der Waals surface area (Å²) in [5, 5.41) is 15.5. The van der Waals surface area contributed by atoms with Crippen LogP contribution in [0.4, 0.5) is 4.79 Å². The molecule has 0 bridgehead atoms. The number of Topliss-reactive ketones (excluding diaryl/α,β-unsaturated/α-hetero) is 2. The van der Waals surface area contributed by atoms with Crippen molar-refractivity contribution in [3.8, 4) is 0 Å². The molecule has 3 saturated heterocycles. The average Bonchev–Trinajstić information content (AvgIpc) is 3.50. The first-order valence-corrected chi connectivity index (χ1v) is 20.2. The molecule has 1 aromatic carbocycles. The molecule has 3 fully saturated rings. The molecule has 13 atom stereocenters. The molecule has 1 aromatic heterocycles. The van der Waals surface area contributed by atoms with Gasteiger partial charge in [-0.15, -0.1) is 6.58 Å². The lowest BCUT2D eigenvalue weighted by Gasteiger charge is -2.47. The van der Waals surface area contributed by atoms with Crippen LogP contribution in [0.5, 0.6) is 0 Å². The highest BCUT2D eigenvalue weighted by Gasteiger charge is 2.57. The van der Waals surface area contributed by atoms with Gasteiger partial charge < -0.3 is 34.1 Å². The molecule has 3 aliphatic heterocycles. The fourth-order valence-electron chi connectivity index (χ4n) is 8.99. The first kappa shape index (κ1) is 44.1. The van der Waals surface area contributed by atoms with E-state index in [0.29, 0.717) is 13.0 Å². The zero-order chi connectivity index (χ0) is 41.8. The van der Waals surface area contributed by atoms with E-state index in [2.05, 4.69) is 16.9 Å². The number of cyclic esters (lactones) is 1. The Kier molecular flexibility index (Phi) is 14.1. The van der Waals surface area contributed by atoms with E-state index < -0.39 is 83.4 Å². The molecule has 0 aliphatic carbocycles. The molecule has 312 valence electrons. The number of nitrogens with one attached hydrogen (secondary N) is 1. The van der Waals surface area contributed by atoms with Gasteiger partial charge in [-0.05, 0) is 71.7 Å². The van der Waals surface area contributed by atoms with Crippen LogP contribution >= 0.6 is 0 Å². The molecule has 1 unspecified atom stereocenters. The van der Waals surface area contributed by atoms with Crippen LogP contribution in [0.25, 0.3) is 17.0 Å². The van der Waals surface area contributed by atoms with Gasteiger partial charge in [-0.25, -0.2) is 4.79 Å². The van der Waals surface area contributed by atoms with E-state index in [-0.39, 0.29) is 37.4 Å². The molecule has 5 rings (SSSR count). The summed E-state index contributed by atoms with van der Waals surface area (Å²) in [6.07, 6.45) is 2.68. The van der Waals surface area contributed by atoms with Gasteiger partial charge in [0.15, 0.2) is 17.7 Å². The molecule has 1 amide bonds. The van der Waals surface area contributed by atoms with Crippen molar-refractivity contribution in [1.29, 1.82) is 0 Å². The van der Waals surface area contributed by atoms with Crippen molar-refractivity contribution in [3.05, 3.63) is 60.8 Å². The number of carbonyl (C=O) groups is 4. The zero-order valence-corrected chi connectivity index (χ0v) is 34.8. The minimum Gasteiger partial charge on any atom is -0.458 e. The number of aromatic nitrogens is 1. The molecule has 0 radical (unpaired) electrons. The number of amides is 1. The second-order valence-corrected chi connectivity index (χ2v) is 16.6. The van der Waals surface area contributed by atoms with Crippen molar-refractivity contribution in [2.75, 3.05) is 20.2 Å². The summed E-state index contributed by atoms with van der Waals surface area (Å²) in [5.74, 6) is -5.19. The highest BCUT2D eigenvalue weighted by atomic mass is 16.7. The number of benzene rings is 1. The average molecular weight is 792 g/mol. The molecular weight excluding hydrogens is 730 g/mol. The van der Waals surface area contributed by atoms with Gasteiger partial charge in [-0.2, -0.15) is 0 Å². The number of fused-ring (bicyclic) bond motifs is 2. The van der Waals surface area contributed by atoms with Crippen LogP contribution in [0.1, 0.15) is 80.2 Å². The van der Waals surface area contributed by atoms with Crippen molar-refractivity contribution in [3.63, 3.8) is 0 Å². The molecule has 3 aliphatic rings. The molecular formula is C44H61N3O10. The normalized spacial score (nSPS) is 37.1. The van der Waals surface area contributed by atoms with Crippen LogP contribution in [0.2, 0.25) is 0 Å². The van der Waals surface area contributed by atoms with Crippen LogP contribution in [0.15, 0.2) is 55.3 Å². The Hall–Kier alpha value is -4.01. The molecule has 0 spiro atoms. The minimum absolute atomic E-state index is 0.0517. The number of pyridine rings is 1. The van der Waals surface area contributed by atoms with Crippen LogP contribution in [-0.4, -0.2) is 113 Å². The van der Waals surface area contributed by atoms with Gasteiger partial charge in [0.05, 0.1) is 36.0 Å². The summed E-state index contributed by atoms with van der Waals surface area (Å²) in [6, 6.07) is 8.64. The van der Waals surface area contributed by atoms with Gasteiger partial charge in [-0.3, -0.25) is 24.3 Å². The summed E-state index contributed by atoms with van der Waals surface area (Å²) in [5.41, 5.74) is -1.04. The number of ether oxygens (including phenoxy) is 5. The predicted octanol–water partition coefficient (Wildman–Crippen LogP) is 5.67. The first-order valence-electron chi connectivity index (χ1n) is 20.2. The Morgan fingerprint density at radius 3 is 2.49 bits per heavy atom. The number of nitrogens with zero attached hydrogens (tertiary/aromatic N) is 2. The number of para-hydroxylation sites is 1. The Morgan fingerprint density at radius 1 is 1.07 bits per heavy atom. The van der Waals surface area contributed by atoms with Crippen molar-refractivity contribution < 1.29 is 48.0 Å². The summed E-state index contributed by atoms with van der Waals surface area (Å²) >= 11 is 0. The number of aliphatic hydroxyl groups excluding tert-OH is 1. The van der Waals surface area contributed by atoms with E-state index in [1.165, 1.54) is 6.92 Å². The van der Waals surface area contributed by atoms with E-state index >= 15 is 0 Å². The van der Waals surface area contributed by atoms with E-state index in [9.17, 15) is 24.3 Å². The monoisotopic (exact) mass is 791 g/mol. The maximum atomic E-state index is 14.5. The van der Waals surface area contributed by atoms with Gasteiger partial charge >= 0.3 is 12.1 Å². The van der Waals surface area contributed by atoms with Crippen LogP contribution < -0.4 is 5.32 Å². The SMILES string of the molecule is C=CCN(C)[C@H]1C[C@@H](C)OC(O[C@@H]2[C@@H](C)C(=O)[C@@H](C)C(=O)O[C@@H](CC)[C@@]3(C)OC(=O)N[C@@H]3[C@H](C)C(=O)[C@H](C)C[C@]2(C)OC/C=C/c2cnc3ccccc3c2)[C@@H]1O. The van der Waals surface area contributed by atoms with Crippen LogP contribution in [0, 0.1) is 23.7 Å². The van der Waals surface area contributed by atoms with Crippen LogP contribution in [-0.2, 0) is 38.1 Å². The van der Waals surface area contributed by atoms with E-state index in [1.807, 2.05) is 61.4 Å². The van der Waals surface area contributed by atoms with Crippen LogP contribution in [0.3, 0.4) is 0 Å². The number of esters is 1. The number of hydrogen-bond acceptors (Lipinski definition) is 12. The third kappa shape index (κ3) is 9.49. The highest BCUT2D eigenvalue weighted by Crippen LogP contribution is 2.40. The summed E-state index contributed by atoms with van der Waals surface area (Å²) < 4.78 is 31.5. The molecule has 13 heteroatoms. The van der Waals surface area contributed by atoms with E-state index in [1.54, 1.807) is 53.8 Å². The molecule has 0 saturated carbocycles. The third-order valence-corrected chi connectivity index (χ3v) is 12.2. The first-order chi connectivity index (χ1) is 26.9. The van der Waals surface area contributed by atoms with Gasteiger partial charge in [0.25, 0.3) is 0 Å². The molecule has 13 nitrogen and oxygen atoms in total. The number of carbonyl (C=O) groups excluding carboxylic acids is 4. The molecule has 57 heavy (non-hydrogen) atoms. The Morgan fingerprint density at radius 2 is 1.79 bits per heavy atom.